The Morgan fingerprint density at radius 1 is 0.360 bits per heavy atom. The smallest absolute Gasteiger partial charge is 0.423 e. The first kappa shape index (κ1) is 94.3. The van der Waals surface area contributed by atoms with Crippen LogP contribution in [-0.2, 0) is 9.31 Å². The summed E-state index contributed by atoms with van der Waals surface area (Å²) >= 11 is 45.7. The third-order valence-electron chi connectivity index (χ3n) is 25.4. The Balaban J connectivity index is 0.000000108. The normalized spacial score (nSPS) is 12.5. The van der Waals surface area contributed by atoms with Crippen LogP contribution in [0, 0.1) is 0 Å². The summed E-state index contributed by atoms with van der Waals surface area (Å²) in [4.78, 5) is 40.8. The van der Waals surface area contributed by atoms with Crippen LogP contribution in [0.1, 0.15) is 48.4 Å². The van der Waals surface area contributed by atoms with Crippen molar-refractivity contribution >= 4 is 288 Å². The molecule has 0 aliphatic carbocycles. The number of imidazole rings is 3. The van der Waals surface area contributed by atoms with E-state index < -0.39 is 14.2 Å². The Hall–Kier alpha value is -13.7. The van der Waals surface area contributed by atoms with Crippen LogP contribution in [0.15, 0.2) is 375 Å². The van der Waals surface area contributed by atoms with E-state index in [9.17, 15) is 9.59 Å². The van der Waals surface area contributed by atoms with Crippen LogP contribution in [0.25, 0.3) is 175 Å². The fourth-order valence-corrected chi connectivity index (χ4v) is 20.0. The molecule has 680 valence electrons. The number of nitrogens with two attached hydrogens (primary N) is 2. The van der Waals surface area contributed by atoms with Gasteiger partial charge in [-0.05, 0) is 218 Å². The van der Waals surface area contributed by atoms with Gasteiger partial charge in [0.15, 0.2) is 12.6 Å². The number of rotatable bonds is 7. The lowest BCUT2D eigenvalue weighted by Crippen LogP contribution is -2.41. The van der Waals surface area contributed by atoms with Gasteiger partial charge in [0, 0.05) is 94.5 Å². The summed E-state index contributed by atoms with van der Waals surface area (Å²) < 4.78 is 18.1. The Kier molecular flexibility index (Phi) is 27.2. The number of aldehydes is 2. The maximum absolute atomic E-state index is 11.5. The van der Waals surface area contributed by atoms with Gasteiger partial charge in [-0.3, -0.25) is 18.4 Å². The van der Waals surface area contributed by atoms with Crippen LogP contribution in [-0.4, -0.2) is 76.8 Å². The fourth-order valence-electron chi connectivity index (χ4n) is 17.9. The topological polar surface area (TPSA) is 208 Å². The van der Waals surface area contributed by atoms with Crippen molar-refractivity contribution in [1.29, 1.82) is 0 Å². The lowest BCUT2D eigenvalue weighted by Gasteiger charge is -2.32. The summed E-state index contributed by atoms with van der Waals surface area (Å²) in [6.07, 6.45) is 1.76. The Morgan fingerprint density at radius 3 is 1.24 bits per heavy atom. The number of hydrogen-bond acceptors (Lipinski definition) is 11. The molecule has 5 aromatic heterocycles. The van der Waals surface area contributed by atoms with Crippen LogP contribution in [0.2, 0.25) is 35.2 Å². The van der Waals surface area contributed by atoms with Crippen molar-refractivity contribution in [3.05, 3.63) is 421 Å². The van der Waals surface area contributed by atoms with Crippen LogP contribution in [0.5, 0.6) is 0 Å². The van der Waals surface area contributed by atoms with Crippen molar-refractivity contribution in [2.75, 3.05) is 11.5 Å². The average Bonchev–Trinajstić information content (AvgIpc) is 1.46. The number of benzene rings is 19. The Morgan fingerprint density at radius 2 is 0.741 bits per heavy atom. The lowest BCUT2D eigenvalue weighted by molar-refractivity contribution is 0.00578. The highest BCUT2D eigenvalue weighted by Gasteiger charge is 2.52. The number of aromatic nitrogens is 6. The van der Waals surface area contributed by atoms with Gasteiger partial charge in [0.25, 0.3) is 0 Å². The number of pyridine rings is 2. The molecule has 25 rings (SSSR count). The number of aromatic amines is 1. The first-order chi connectivity index (χ1) is 67.3. The molecule has 1 aliphatic rings. The molecule has 0 saturated carbocycles. The molecular formula is C115H82B2BrCl7N8O6. The number of carbonyl (C=O) groups excluding carboxylic acids is 2. The second-order valence-electron chi connectivity index (χ2n) is 34.4. The van der Waals surface area contributed by atoms with Crippen LogP contribution < -0.4 is 22.4 Å². The van der Waals surface area contributed by atoms with E-state index in [-0.39, 0.29) is 21.7 Å². The molecule has 14 nitrogen and oxygen atoms in total. The number of fused-ring (bicyclic) bond motifs is 24. The van der Waals surface area contributed by atoms with Crippen molar-refractivity contribution in [1.82, 2.24) is 28.7 Å². The number of halogens is 8. The highest BCUT2D eigenvalue weighted by atomic mass is 79.9. The minimum Gasteiger partial charge on any atom is -0.423 e. The van der Waals surface area contributed by atoms with E-state index in [1.165, 1.54) is 66.0 Å². The lowest BCUT2D eigenvalue weighted by atomic mass is 9.78. The van der Waals surface area contributed by atoms with Crippen LogP contribution in [0.3, 0.4) is 0 Å². The highest BCUT2D eigenvalue weighted by Crippen LogP contribution is 2.45. The van der Waals surface area contributed by atoms with Crippen LogP contribution >= 0.6 is 97.1 Å². The van der Waals surface area contributed by atoms with Gasteiger partial charge in [-0.25, -0.2) is 15.0 Å². The van der Waals surface area contributed by atoms with Crippen molar-refractivity contribution in [2.24, 2.45) is 0 Å². The van der Waals surface area contributed by atoms with Gasteiger partial charge in [-0.15, -0.1) is 0 Å². The molecule has 7 N–H and O–H groups in total. The number of nitrogen functional groups attached to an aromatic ring is 2. The predicted molar refractivity (Wildman–Crippen MR) is 589 cm³/mol. The summed E-state index contributed by atoms with van der Waals surface area (Å²) in [5.41, 5.74) is 28.9. The maximum Gasteiger partial charge on any atom is 0.494 e. The predicted octanol–water partition coefficient (Wildman–Crippen LogP) is 30.8. The molecule has 1 saturated heterocycles. The number of nitrogens with zero attached hydrogens (tertiary/aromatic N) is 5. The standard InChI is InChI=1S/C29H25BN2O2.C23H14Cl2N2.C23H13ClN2.C17H10Cl2O.C11H7BrO.C6H5BCl2O2.C6H8N2/c1-28(2)29(3,4)34-30(33-28)19-14-16-21-22-15-13-18-9-5-6-10-20(18)26(22)27-31-23-11-7-8-12-24(23)32(27)25(21)17-19;24-15-10-12-17(19(25)13-15)18-11-9-14-5-1-2-6-16(14)22(18)23-26-20-7-3-4-8-21(20)27-23;24-15-10-12-17-18-11-9-14-5-1-2-6-16(14)22(18)23-25-19-7-3-4-8-20(19)26(23)21(17)13-15;18-12-6-8-15(17(19)9-12)14-7-5-11-3-1-2-4-13(11)16(14)10-20;12-11-6-5-8-3-1-2-4-9(8)10(11)7-13;8-4-1-2-5(7(10)11)6(9)3-4;7-5-3-1-2-4-6(5)8/h5-17H,1-4H3;1-13H,(H,26,27);1-13H;1-10H;1-7H;1-3,10-11H;1-4H,7-8H2. The maximum atomic E-state index is 11.5. The zero-order valence-electron chi connectivity index (χ0n) is 75.0. The molecule has 1 fully saturated rings. The van der Waals surface area contributed by atoms with Gasteiger partial charge in [-0.1, -0.05) is 358 Å². The van der Waals surface area contributed by atoms with Gasteiger partial charge < -0.3 is 35.8 Å². The molecule has 24 heteroatoms. The first-order valence-corrected chi connectivity index (χ1v) is 47.9. The van der Waals surface area contributed by atoms with E-state index in [1.54, 1.807) is 36.4 Å². The minimum atomic E-state index is -1.54. The first-order valence-electron chi connectivity index (χ1n) is 44.5. The van der Waals surface area contributed by atoms with Crippen LogP contribution in [0.4, 0.5) is 11.4 Å². The fraction of sp³-hybridized carbons (Fsp3) is 0.0522. The molecule has 0 amide bonds. The van der Waals surface area contributed by atoms with E-state index in [2.05, 4.69) is 215 Å². The van der Waals surface area contributed by atoms with Crippen molar-refractivity contribution < 1.29 is 28.9 Å². The number of H-pyrrole nitrogens is 1. The van der Waals surface area contributed by atoms with Crippen molar-refractivity contribution in [3.8, 4) is 33.6 Å². The van der Waals surface area contributed by atoms with Gasteiger partial charge >= 0.3 is 14.2 Å². The van der Waals surface area contributed by atoms with Crippen molar-refractivity contribution in [2.45, 2.75) is 38.9 Å². The zero-order valence-corrected chi connectivity index (χ0v) is 81.8. The quantitative estimate of drug-likeness (QED) is 0.0439. The van der Waals surface area contributed by atoms with E-state index >= 15 is 0 Å². The van der Waals surface area contributed by atoms with Gasteiger partial charge in [0.1, 0.15) is 17.1 Å². The SMILES string of the molecule is CC1(C)OB(c2ccc3c4ccc5ccccc5c4c4nc5ccccc5n4c3c2)OC1(C)C.Clc1ccc(-c2ccc3ccccc3c2-c2nc3ccccc3[nH]2)c(Cl)c1.Clc1ccc2c3ccc4ccccc4c3c3nc4ccccc4n3c2c1.Nc1ccccc1N.O=Cc1c(-c2ccc(Cl)cc2Cl)ccc2ccccc12.O=Cc1c(Br)ccc2ccccc12.OB(O)c1ccc(Cl)cc1Cl. The van der Waals surface area contributed by atoms with E-state index in [1.807, 2.05) is 164 Å². The molecule has 139 heavy (non-hydrogen) atoms. The van der Waals surface area contributed by atoms with Crippen molar-refractivity contribution in [3.63, 3.8) is 0 Å². The minimum absolute atomic E-state index is 0.257. The summed E-state index contributed by atoms with van der Waals surface area (Å²) in [5.74, 6) is 0.828. The number of anilines is 2. The largest absolute Gasteiger partial charge is 0.494 e. The molecule has 1 aliphatic heterocycles. The number of para-hydroxylation sites is 8. The molecule has 6 heterocycles. The molecule has 24 aromatic rings. The van der Waals surface area contributed by atoms with Gasteiger partial charge in [0.2, 0.25) is 0 Å². The summed E-state index contributed by atoms with van der Waals surface area (Å²) in [6, 6.07) is 122. The third kappa shape index (κ3) is 18.8. The molecular weight excluding hydrogens is 1940 g/mol. The summed E-state index contributed by atoms with van der Waals surface area (Å²) in [5, 5.41) is 39.6. The summed E-state index contributed by atoms with van der Waals surface area (Å²) in [6.45, 7) is 8.37. The molecule has 0 unspecified atom stereocenters. The second kappa shape index (κ2) is 40.0. The monoisotopic (exact) mass is 2020 g/mol. The molecule has 0 bridgehead atoms. The molecule has 0 atom stereocenters. The molecule has 19 aromatic carbocycles. The Labute approximate surface area is 843 Å². The van der Waals surface area contributed by atoms with E-state index in [0.29, 0.717) is 42.1 Å². The molecule has 0 spiro atoms. The molecule has 0 radical (unpaired) electrons. The van der Waals surface area contributed by atoms with E-state index in [0.717, 1.165) is 154 Å². The van der Waals surface area contributed by atoms with Gasteiger partial charge in [-0.2, -0.15) is 0 Å². The Bertz CT molecular complexity index is 8900. The average molecular weight is 2020 g/mol. The highest BCUT2D eigenvalue weighted by molar-refractivity contribution is 9.10. The number of hydrogen-bond donors (Lipinski definition) is 5. The zero-order chi connectivity index (χ0) is 96.7. The van der Waals surface area contributed by atoms with Gasteiger partial charge in [0.05, 0.1) is 66.7 Å². The number of nitrogens with one attached hydrogen (secondary N) is 1. The third-order valence-corrected chi connectivity index (χ3v) is 27.9. The van der Waals surface area contributed by atoms with E-state index in [4.69, 9.17) is 127 Å². The summed E-state index contributed by atoms with van der Waals surface area (Å²) in [7, 11) is -1.95. The second-order valence-corrected chi connectivity index (χ2v) is 38.2. The number of carbonyl (C=O) groups is 2.